The molecule has 6 heteroatoms. The summed E-state index contributed by atoms with van der Waals surface area (Å²) in [6.07, 6.45) is 1.51. The predicted octanol–water partition coefficient (Wildman–Crippen LogP) is 4.29. The third-order valence-corrected chi connectivity index (χ3v) is 3.29. The molecule has 2 aromatic rings. The second kappa shape index (κ2) is 7.82. The van der Waals surface area contributed by atoms with E-state index in [1.807, 2.05) is 6.92 Å². The number of carbonyl (C=O) groups is 1. The lowest BCUT2D eigenvalue weighted by Gasteiger charge is -2.07. The van der Waals surface area contributed by atoms with Crippen molar-refractivity contribution in [3.8, 4) is 0 Å². The molecule has 0 aliphatic carbocycles. The number of aryl methyl sites for hydroxylation is 1. The Kier molecular flexibility index (Phi) is 5.81. The molecule has 114 valence electrons. The van der Waals surface area contributed by atoms with Crippen molar-refractivity contribution in [1.82, 2.24) is 0 Å². The molecule has 1 amide bonds. The number of anilines is 1. The highest BCUT2D eigenvalue weighted by Crippen LogP contribution is 2.19. The molecule has 1 N–H and O–H groups in total. The number of carbonyl (C=O) groups excluding carboxylic acids is 1. The summed E-state index contributed by atoms with van der Waals surface area (Å²) >= 11 is 11.6. The lowest BCUT2D eigenvalue weighted by atomic mass is 10.2. The summed E-state index contributed by atoms with van der Waals surface area (Å²) in [7, 11) is 0. The lowest BCUT2D eigenvalue weighted by molar-refractivity contribution is -0.120. The van der Waals surface area contributed by atoms with Crippen LogP contribution in [0.5, 0.6) is 0 Å². The largest absolute Gasteiger partial charge is 0.386 e. The average Bonchev–Trinajstić information content (AvgIpc) is 2.48. The fourth-order valence-electron chi connectivity index (χ4n) is 1.70. The third kappa shape index (κ3) is 5.06. The zero-order valence-corrected chi connectivity index (χ0v) is 13.4. The van der Waals surface area contributed by atoms with Crippen molar-refractivity contribution in [3.05, 3.63) is 63.6 Å². The maximum Gasteiger partial charge on any atom is 0.265 e. The van der Waals surface area contributed by atoms with Crippen LogP contribution in [0.2, 0.25) is 10.0 Å². The van der Waals surface area contributed by atoms with Crippen LogP contribution in [0.25, 0.3) is 0 Å². The van der Waals surface area contributed by atoms with Crippen LogP contribution in [0.3, 0.4) is 0 Å². The molecule has 0 spiro atoms. The molecule has 0 aliphatic rings. The third-order valence-electron chi connectivity index (χ3n) is 2.80. The van der Waals surface area contributed by atoms with Crippen LogP contribution in [0.4, 0.5) is 5.69 Å². The highest BCUT2D eigenvalue weighted by molar-refractivity contribution is 6.31. The molecule has 0 fully saturated rings. The molecular weight excluding hydrogens is 323 g/mol. The van der Waals surface area contributed by atoms with Gasteiger partial charge in [0.1, 0.15) is 0 Å². The fourth-order valence-corrected chi connectivity index (χ4v) is 2.05. The van der Waals surface area contributed by atoms with Gasteiger partial charge in [-0.2, -0.15) is 0 Å². The summed E-state index contributed by atoms with van der Waals surface area (Å²) in [5.41, 5.74) is 2.41. The van der Waals surface area contributed by atoms with E-state index in [9.17, 15) is 4.79 Å². The lowest BCUT2D eigenvalue weighted by Crippen LogP contribution is -2.17. The van der Waals surface area contributed by atoms with E-state index in [1.165, 1.54) is 6.21 Å². The van der Waals surface area contributed by atoms with E-state index in [0.717, 1.165) is 11.1 Å². The molecule has 0 saturated heterocycles. The van der Waals surface area contributed by atoms with Crippen LogP contribution < -0.4 is 5.32 Å². The number of nitrogens with one attached hydrogen (secondary N) is 1. The van der Waals surface area contributed by atoms with E-state index < -0.39 is 0 Å². The average molecular weight is 337 g/mol. The zero-order chi connectivity index (χ0) is 15.9. The van der Waals surface area contributed by atoms with Gasteiger partial charge in [-0.15, -0.1) is 0 Å². The van der Waals surface area contributed by atoms with E-state index in [-0.39, 0.29) is 12.5 Å². The predicted molar refractivity (Wildman–Crippen MR) is 89.8 cm³/mol. The highest BCUT2D eigenvalue weighted by Gasteiger charge is 2.05. The molecule has 4 nitrogen and oxygen atoms in total. The van der Waals surface area contributed by atoms with Crippen molar-refractivity contribution in [2.24, 2.45) is 5.16 Å². The maximum absolute atomic E-state index is 11.7. The Bertz CT molecular complexity index is 685. The Labute approximate surface area is 138 Å². The summed E-state index contributed by atoms with van der Waals surface area (Å²) in [5.74, 6) is -0.293. The van der Waals surface area contributed by atoms with E-state index >= 15 is 0 Å². The van der Waals surface area contributed by atoms with E-state index in [1.54, 1.807) is 42.5 Å². The molecule has 2 rings (SSSR count). The molecule has 0 aliphatic heterocycles. The van der Waals surface area contributed by atoms with Crippen molar-refractivity contribution in [2.75, 3.05) is 11.9 Å². The van der Waals surface area contributed by atoms with Crippen molar-refractivity contribution < 1.29 is 9.63 Å². The van der Waals surface area contributed by atoms with Crippen molar-refractivity contribution >= 4 is 41.0 Å². The molecule has 2 aromatic carbocycles. The summed E-state index contributed by atoms with van der Waals surface area (Å²) < 4.78 is 0. The smallest absolute Gasteiger partial charge is 0.265 e. The Morgan fingerprint density at radius 2 is 1.86 bits per heavy atom. The molecule has 0 bridgehead atoms. The standard InChI is InChI=1S/C16H14Cl2N2O2/c1-11-8-14(18)6-7-15(11)20-16(21)10-22-19-9-12-2-4-13(17)5-3-12/h2-9H,10H2,1H3,(H,20,21)/b19-9+. The number of hydrogen-bond acceptors (Lipinski definition) is 3. The first-order chi connectivity index (χ1) is 10.5. The van der Waals surface area contributed by atoms with Gasteiger partial charge in [-0.25, -0.2) is 0 Å². The quantitative estimate of drug-likeness (QED) is 0.654. The van der Waals surface area contributed by atoms with Gasteiger partial charge in [-0.1, -0.05) is 40.5 Å². The molecule has 0 atom stereocenters. The number of hydrogen-bond donors (Lipinski definition) is 1. The van der Waals surface area contributed by atoms with Gasteiger partial charge in [-0.05, 0) is 48.4 Å². The zero-order valence-electron chi connectivity index (χ0n) is 11.8. The Morgan fingerprint density at radius 3 is 2.55 bits per heavy atom. The van der Waals surface area contributed by atoms with Crippen LogP contribution in [0.15, 0.2) is 47.6 Å². The van der Waals surface area contributed by atoms with Crippen LogP contribution in [-0.4, -0.2) is 18.7 Å². The molecule has 0 radical (unpaired) electrons. The highest BCUT2D eigenvalue weighted by atomic mass is 35.5. The monoisotopic (exact) mass is 336 g/mol. The second-order valence-corrected chi connectivity index (χ2v) is 5.44. The van der Waals surface area contributed by atoms with Gasteiger partial charge in [0.05, 0.1) is 6.21 Å². The van der Waals surface area contributed by atoms with Gasteiger partial charge >= 0.3 is 0 Å². The van der Waals surface area contributed by atoms with Crippen LogP contribution >= 0.6 is 23.2 Å². The summed E-state index contributed by atoms with van der Waals surface area (Å²) in [5, 5.41) is 7.74. The van der Waals surface area contributed by atoms with E-state index in [4.69, 9.17) is 28.0 Å². The summed E-state index contributed by atoms with van der Waals surface area (Å²) in [6, 6.07) is 12.3. The van der Waals surface area contributed by atoms with Crippen molar-refractivity contribution in [3.63, 3.8) is 0 Å². The van der Waals surface area contributed by atoms with Gasteiger partial charge in [0, 0.05) is 15.7 Å². The molecule has 0 unspecified atom stereocenters. The van der Waals surface area contributed by atoms with Gasteiger partial charge in [0.2, 0.25) is 0 Å². The first kappa shape index (κ1) is 16.3. The molecule has 0 aromatic heterocycles. The number of amides is 1. The first-order valence-corrected chi connectivity index (χ1v) is 7.27. The van der Waals surface area contributed by atoms with Crippen molar-refractivity contribution in [1.29, 1.82) is 0 Å². The van der Waals surface area contributed by atoms with Gasteiger partial charge in [0.25, 0.3) is 5.91 Å². The minimum Gasteiger partial charge on any atom is -0.386 e. The van der Waals surface area contributed by atoms with Crippen LogP contribution in [0.1, 0.15) is 11.1 Å². The minimum atomic E-state index is -0.293. The summed E-state index contributed by atoms with van der Waals surface area (Å²) in [4.78, 5) is 16.7. The van der Waals surface area contributed by atoms with Crippen LogP contribution in [0, 0.1) is 6.92 Å². The van der Waals surface area contributed by atoms with Crippen molar-refractivity contribution in [2.45, 2.75) is 6.92 Å². The molecule has 0 saturated carbocycles. The van der Waals surface area contributed by atoms with Gasteiger partial charge in [0.15, 0.2) is 6.61 Å². The first-order valence-electron chi connectivity index (χ1n) is 6.51. The molecule has 0 heterocycles. The Morgan fingerprint density at radius 1 is 1.18 bits per heavy atom. The SMILES string of the molecule is Cc1cc(Cl)ccc1NC(=O)CO/N=C/c1ccc(Cl)cc1. The second-order valence-electron chi connectivity index (χ2n) is 4.57. The number of nitrogens with zero attached hydrogens (tertiary/aromatic N) is 1. The number of benzene rings is 2. The topological polar surface area (TPSA) is 50.7 Å². The fraction of sp³-hybridized carbons (Fsp3) is 0.125. The Hall–Kier alpha value is -2.04. The minimum absolute atomic E-state index is 0.174. The Balaban J connectivity index is 1.81. The van der Waals surface area contributed by atoms with Gasteiger partial charge in [-0.3, -0.25) is 4.79 Å². The summed E-state index contributed by atoms with van der Waals surface area (Å²) in [6.45, 7) is 1.69. The number of halogens is 2. The number of oxime groups is 1. The number of rotatable bonds is 5. The molecular formula is C16H14Cl2N2O2. The van der Waals surface area contributed by atoms with E-state index in [2.05, 4.69) is 10.5 Å². The maximum atomic E-state index is 11.7. The van der Waals surface area contributed by atoms with Gasteiger partial charge < -0.3 is 10.2 Å². The normalized spacial score (nSPS) is 10.7. The van der Waals surface area contributed by atoms with E-state index in [0.29, 0.717) is 15.7 Å². The van der Waals surface area contributed by atoms with Crippen LogP contribution in [-0.2, 0) is 9.63 Å². The molecule has 22 heavy (non-hydrogen) atoms.